The zero-order chi connectivity index (χ0) is 17.7. The Bertz CT molecular complexity index is 671. The SMILES string of the molecule is CC(=O)Nc1ccccc1C(=O)N[C@@H](C(=O)O)[C@H]1CCCC(=O)C1. The predicted molar refractivity (Wildman–Crippen MR) is 86.6 cm³/mol. The average Bonchev–Trinajstić information content (AvgIpc) is 2.52. The van der Waals surface area contributed by atoms with Crippen molar-refractivity contribution in [3.63, 3.8) is 0 Å². The highest BCUT2D eigenvalue weighted by Crippen LogP contribution is 2.25. The zero-order valence-electron chi connectivity index (χ0n) is 13.4. The van der Waals surface area contributed by atoms with E-state index >= 15 is 0 Å². The molecule has 2 atom stereocenters. The number of rotatable bonds is 5. The minimum Gasteiger partial charge on any atom is -0.480 e. The number of ketones is 1. The molecule has 1 aromatic carbocycles. The molecule has 0 aliphatic heterocycles. The fourth-order valence-electron chi connectivity index (χ4n) is 2.92. The largest absolute Gasteiger partial charge is 0.480 e. The molecule has 0 saturated heterocycles. The Labute approximate surface area is 139 Å². The van der Waals surface area contributed by atoms with E-state index in [1.165, 1.54) is 13.0 Å². The summed E-state index contributed by atoms with van der Waals surface area (Å²) >= 11 is 0. The maximum Gasteiger partial charge on any atom is 0.326 e. The number of amides is 2. The van der Waals surface area contributed by atoms with Gasteiger partial charge in [-0.2, -0.15) is 0 Å². The van der Waals surface area contributed by atoms with Gasteiger partial charge in [-0.1, -0.05) is 12.1 Å². The number of para-hydroxylation sites is 1. The summed E-state index contributed by atoms with van der Waals surface area (Å²) in [4.78, 5) is 46.8. The van der Waals surface area contributed by atoms with Crippen LogP contribution in [0, 0.1) is 5.92 Å². The van der Waals surface area contributed by atoms with Gasteiger partial charge in [-0.3, -0.25) is 14.4 Å². The molecule has 0 radical (unpaired) electrons. The molecule has 1 fully saturated rings. The van der Waals surface area contributed by atoms with Crippen molar-refractivity contribution in [2.24, 2.45) is 5.92 Å². The zero-order valence-corrected chi connectivity index (χ0v) is 13.4. The summed E-state index contributed by atoms with van der Waals surface area (Å²) in [6, 6.07) is 5.23. The first-order chi connectivity index (χ1) is 11.4. The van der Waals surface area contributed by atoms with Crippen LogP contribution in [-0.4, -0.2) is 34.7 Å². The summed E-state index contributed by atoms with van der Waals surface area (Å²) in [6.07, 6.45) is 1.83. The molecule has 0 bridgehead atoms. The minimum absolute atomic E-state index is 0.0189. The smallest absolute Gasteiger partial charge is 0.326 e. The average molecular weight is 332 g/mol. The molecule has 7 heteroatoms. The van der Waals surface area contributed by atoms with E-state index in [-0.39, 0.29) is 23.7 Å². The monoisotopic (exact) mass is 332 g/mol. The highest BCUT2D eigenvalue weighted by Gasteiger charge is 2.33. The third-order valence-electron chi connectivity index (χ3n) is 4.03. The van der Waals surface area contributed by atoms with Crippen molar-refractivity contribution >= 4 is 29.3 Å². The number of Topliss-reactive ketones (excluding diaryl/α,β-unsaturated/α-hetero) is 1. The van der Waals surface area contributed by atoms with E-state index in [1.807, 2.05) is 0 Å². The number of carbonyl (C=O) groups is 4. The lowest BCUT2D eigenvalue weighted by molar-refractivity contribution is -0.141. The summed E-state index contributed by atoms with van der Waals surface area (Å²) in [7, 11) is 0. The lowest BCUT2D eigenvalue weighted by Crippen LogP contribution is -2.47. The molecule has 7 nitrogen and oxygen atoms in total. The van der Waals surface area contributed by atoms with Crippen molar-refractivity contribution in [2.45, 2.75) is 38.6 Å². The lowest BCUT2D eigenvalue weighted by atomic mass is 9.83. The number of nitrogens with one attached hydrogen (secondary N) is 2. The maximum atomic E-state index is 12.5. The van der Waals surface area contributed by atoms with Gasteiger partial charge in [0.25, 0.3) is 5.91 Å². The molecule has 3 N–H and O–H groups in total. The van der Waals surface area contributed by atoms with E-state index in [0.717, 1.165) is 0 Å². The lowest BCUT2D eigenvalue weighted by Gasteiger charge is -2.27. The first-order valence-electron chi connectivity index (χ1n) is 7.80. The normalized spacial score (nSPS) is 18.5. The number of carbonyl (C=O) groups excluding carboxylic acids is 3. The van der Waals surface area contributed by atoms with E-state index in [0.29, 0.717) is 24.9 Å². The van der Waals surface area contributed by atoms with Crippen molar-refractivity contribution in [2.75, 3.05) is 5.32 Å². The molecule has 0 aromatic heterocycles. The van der Waals surface area contributed by atoms with Gasteiger partial charge in [-0.25, -0.2) is 4.79 Å². The van der Waals surface area contributed by atoms with Crippen LogP contribution in [0.3, 0.4) is 0 Å². The first kappa shape index (κ1) is 17.7. The van der Waals surface area contributed by atoms with E-state index in [9.17, 15) is 24.3 Å². The van der Waals surface area contributed by atoms with Crippen molar-refractivity contribution in [3.8, 4) is 0 Å². The van der Waals surface area contributed by atoms with Gasteiger partial charge in [0.1, 0.15) is 11.8 Å². The van der Waals surface area contributed by atoms with Gasteiger partial charge in [-0.15, -0.1) is 0 Å². The van der Waals surface area contributed by atoms with Gasteiger partial charge in [0, 0.05) is 19.8 Å². The first-order valence-corrected chi connectivity index (χ1v) is 7.80. The molecule has 1 aliphatic carbocycles. The molecule has 2 rings (SSSR count). The van der Waals surface area contributed by atoms with Crippen LogP contribution in [0.25, 0.3) is 0 Å². The van der Waals surface area contributed by atoms with Crippen LogP contribution in [-0.2, 0) is 14.4 Å². The van der Waals surface area contributed by atoms with Crippen LogP contribution >= 0.6 is 0 Å². The second kappa shape index (κ2) is 7.72. The van der Waals surface area contributed by atoms with E-state index in [2.05, 4.69) is 10.6 Å². The predicted octanol–water partition coefficient (Wildman–Crippen LogP) is 1.59. The number of carboxylic acid groups (broad SMARTS) is 1. The second-order valence-electron chi connectivity index (χ2n) is 5.91. The molecule has 2 amide bonds. The van der Waals surface area contributed by atoms with E-state index < -0.39 is 23.8 Å². The van der Waals surface area contributed by atoms with Crippen LogP contribution in [0.1, 0.15) is 43.0 Å². The number of hydrogen-bond donors (Lipinski definition) is 3. The Kier molecular flexibility index (Phi) is 5.68. The minimum atomic E-state index is -1.17. The molecular weight excluding hydrogens is 312 g/mol. The molecule has 0 heterocycles. The summed E-state index contributed by atoms with van der Waals surface area (Å²) in [6.45, 7) is 1.32. The maximum absolute atomic E-state index is 12.5. The Hall–Kier alpha value is -2.70. The summed E-state index contributed by atoms with van der Waals surface area (Å²) in [5.74, 6) is -2.49. The Morgan fingerprint density at radius 2 is 1.96 bits per heavy atom. The summed E-state index contributed by atoms with van der Waals surface area (Å²) in [5.41, 5.74) is 0.493. The van der Waals surface area contributed by atoms with Crippen LogP contribution < -0.4 is 10.6 Å². The fourth-order valence-corrected chi connectivity index (χ4v) is 2.92. The van der Waals surface area contributed by atoms with Gasteiger partial charge in [-0.05, 0) is 30.9 Å². The quantitative estimate of drug-likeness (QED) is 0.758. The molecule has 128 valence electrons. The van der Waals surface area contributed by atoms with E-state index in [4.69, 9.17) is 0 Å². The Morgan fingerprint density at radius 1 is 1.25 bits per heavy atom. The van der Waals surface area contributed by atoms with Gasteiger partial charge in [0.15, 0.2) is 0 Å². The third kappa shape index (κ3) is 4.41. The molecular formula is C17H20N2O5. The number of hydrogen-bond acceptors (Lipinski definition) is 4. The van der Waals surface area contributed by atoms with E-state index in [1.54, 1.807) is 18.2 Å². The standard InChI is InChI=1S/C17H20N2O5/c1-10(20)18-14-8-3-2-7-13(14)16(22)19-15(17(23)24)11-5-4-6-12(21)9-11/h2-3,7-8,11,15H,4-6,9H2,1H3,(H,18,20)(H,19,22)(H,23,24)/t11-,15+/m0/s1. The molecule has 1 saturated carbocycles. The molecule has 1 aliphatic rings. The third-order valence-corrected chi connectivity index (χ3v) is 4.03. The van der Waals surface area contributed by atoms with Gasteiger partial charge >= 0.3 is 5.97 Å². The molecule has 0 spiro atoms. The summed E-state index contributed by atoms with van der Waals surface area (Å²) in [5, 5.41) is 14.5. The van der Waals surface area contributed by atoms with Gasteiger partial charge < -0.3 is 15.7 Å². The van der Waals surface area contributed by atoms with Crippen molar-refractivity contribution in [1.29, 1.82) is 0 Å². The number of aliphatic carboxylic acids is 1. The van der Waals surface area contributed by atoms with Gasteiger partial charge in [0.2, 0.25) is 5.91 Å². The fraction of sp³-hybridized carbons (Fsp3) is 0.412. The second-order valence-corrected chi connectivity index (χ2v) is 5.91. The Morgan fingerprint density at radius 3 is 2.58 bits per heavy atom. The highest BCUT2D eigenvalue weighted by atomic mass is 16.4. The van der Waals surface area contributed by atoms with Crippen LogP contribution in [0.15, 0.2) is 24.3 Å². The van der Waals surface area contributed by atoms with Crippen LogP contribution in [0.5, 0.6) is 0 Å². The topological polar surface area (TPSA) is 113 Å². The summed E-state index contributed by atoms with van der Waals surface area (Å²) < 4.78 is 0. The molecule has 24 heavy (non-hydrogen) atoms. The number of benzene rings is 1. The van der Waals surface area contributed by atoms with Crippen molar-refractivity contribution in [3.05, 3.63) is 29.8 Å². The number of anilines is 1. The van der Waals surface area contributed by atoms with Crippen molar-refractivity contribution < 1.29 is 24.3 Å². The van der Waals surface area contributed by atoms with Crippen LogP contribution in [0.4, 0.5) is 5.69 Å². The number of carboxylic acids is 1. The molecule has 1 aromatic rings. The Balaban J connectivity index is 2.18. The van der Waals surface area contributed by atoms with Crippen molar-refractivity contribution in [1.82, 2.24) is 5.32 Å². The van der Waals surface area contributed by atoms with Gasteiger partial charge in [0.05, 0.1) is 11.3 Å². The highest BCUT2D eigenvalue weighted by molar-refractivity contribution is 6.04. The van der Waals surface area contributed by atoms with Crippen LogP contribution in [0.2, 0.25) is 0 Å². The molecule has 0 unspecified atom stereocenters.